The number of halogens is 1. The fourth-order valence-corrected chi connectivity index (χ4v) is 5.57. The molecule has 1 fully saturated rings. The number of Topliss-reactive ketones (excluding diaryl/α,β-unsaturated/α-hetero) is 1. The Hall–Kier alpha value is -3.87. The highest BCUT2D eigenvalue weighted by Crippen LogP contribution is 2.29. The van der Waals surface area contributed by atoms with Crippen molar-refractivity contribution < 1.29 is 4.79 Å². The number of nitrogens with zero attached hydrogens (tertiary/aromatic N) is 4. The normalized spacial score (nSPS) is 14.8. The lowest BCUT2D eigenvalue weighted by Gasteiger charge is -2.32. The van der Waals surface area contributed by atoms with Crippen molar-refractivity contribution in [2.45, 2.75) is 25.3 Å². The first-order valence-corrected chi connectivity index (χ1v) is 13.3. The average molecular weight is 523 g/mol. The Morgan fingerprint density at radius 3 is 2.37 bits per heavy atom. The minimum atomic E-state index is -0.0185. The summed E-state index contributed by atoms with van der Waals surface area (Å²) in [7, 11) is 0. The number of aromatic nitrogens is 3. The van der Waals surface area contributed by atoms with Crippen LogP contribution in [0.1, 0.15) is 40.4 Å². The minimum Gasteiger partial charge on any atom is -0.296 e. The van der Waals surface area contributed by atoms with Gasteiger partial charge in [-0.25, -0.2) is 9.97 Å². The first-order chi connectivity index (χ1) is 18.6. The molecule has 2 aromatic heterocycles. The topological polar surface area (TPSA) is 68.1 Å². The number of piperidine rings is 1. The van der Waals surface area contributed by atoms with E-state index in [2.05, 4.69) is 16.0 Å². The predicted molar refractivity (Wildman–Crippen MR) is 151 cm³/mol. The molecule has 3 heterocycles. The molecule has 1 aliphatic heterocycles. The highest BCUT2D eigenvalue weighted by molar-refractivity contribution is 6.29. The van der Waals surface area contributed by atoms with Crippen LogP contribution in [0, 0.1) is 0 Å². The number of rotatable bonds is 6. The Kier molecular flexibility index (Phi) is 6.75. The Morgan fingerprint density at radius 2 is 1.63 bits per heavy atom. The molecule has 190 valence electrons. The van der Waals surface area contributed by atoms with Crippen molar-refractivity contribution in [2.24, 2.45) is 0 Å². The Balaban J connectivity index is 1.27. The van der Waals surface area contributed by atoms with Gasteiger partial charge in [-0.15, -0.1) is 0 Å². The van der Waals surface area contributed by atoms with E-state index in [-0.39, 0.29) is 17.4 Å². The van der Waals surface area contributed by atoms with Gasteiger partial charge in [0, 0.05) is 36.3 Å². The first kappa shape index (κ1) is 24.5. The molecule has 1 saturated heterocycles. The number of carbonyl (C=O) groups is 1. The molecule has 0 amide bonds. The molecule has 0 bridgehead atoms. The first-order valence-electron chi connectivity index (χ1n) is 12.9. The molecular formula is C31H27ClN4O2. The summed E-state index contributed by atoms with van der Waals surface area (Å²) >= 11 is 5.98. The summed E-state index contributed by atoms with van der Waals surface area (Å²) in [6, 6.07) is 23.3. The minimum absolute atomic E-state index is 0.0185. The van der Waals surface area contributed by atoms with E-state index >= 15 is 0 Å². The van der Waals surface area contributed by atoms with E-state index in [1.54, 1.807) is 23.2 Å². The van der Waals surface area contributed by atoms with Crippen LogP contribution in [0.4, 0.5) is 0 Å². The monoisotopic (exact) mass is 522 g/mol. The zero-order chi connectivity index (χ0) is 26.1. The van der Waals surface area contributed by atoms with Crippen molar-refractivity contribution in [3.8, 4) is 0 Å². The van der Waals surface area contributed by atoms with E-state index < -0.39 is 0 Å². The third-order valence-electron chi connectivity index (χ3n) is 7.47. The molecule has 1 aliphatic rings. The lowest BCUT2D eigenvalue weighted by Crippen LogP contribution is -2.40. The molecule has 0 aliphatic carbocycles. The zero-order valence-corrected chi connectivity index (χ0v) is 21.6. The van der Waals surface area contributed by atoms with Crippen molar-refractivity contribution in [3.63, 3.8) is 0 Å². The molecule has 0 spiro atoms. The van der Waals surface area contributed by atoms with Gasteiger partial charge in [-0.3, -0.25) is 19.1 Å². The summed E-state index contributed by atoms with van der Waals surface area (Å²) in [6.07, 6.45) is 5.72. The number of fused-ring (bicyclic) bond motifs is 3. The van der Waals surface area contributed by atoms with Crippen molar-refractivity contribution in [3.05, 3.63) is 118 Å². The van der Waals surface area contributed by atoms with Crippen LogP contribution in [0.5, 0.6) is 0 Å². The smallest absolute Gasteiger partial charge is 0.261 e. The van der Waals surface area contributed by atoms with Gasteiger partial charge in [-0.2, -0.15) is 0 Å². The van der Waals surface area contributed by atoms with Crippen molar-refractivity contribution in [1.29, 1.82) is 0 Å². The van der Waals surface area contributed by atoms with Crippen LogP contribution >= 0.6 is 11.6 Å². The van der Waals surface area contributed by atoms with Gasteiger partial charge in [0.15, 0.2) is 5.78 Å². The standard InChI is InChI=1S/C31H27ClN4O2/c32-29-11-10-21(18-33-29)16-23-17-27-30(26-9-5-4-8-25(23)26)34-20-36(31(27)38)24-12-14-35(15-13-24)19-28(37)22-6-2-1-3-7-22/h1-11,17-18,20,24H,12-16,19H2. The molecule has 6 nitrogen and oxygen atoms in total. The van der Waals surface area contributed by atoms with Gasteiger partial charge in [-0.05, 0) is 47.9 Å². The third kappa shape index (κ3) is 4.85. The molecule has 0 unspecified atom stereocenters. The Bertz CT molecular complexity index is 1670. The number of pyridine rings is 1. The molecule has 7 heteroatoms. The van der Waals surface area contributed by atoms with E-state index in [1.807, 2.05) is 60.7 Å². The highest BCUT2D eigenvalue weighted by Gasteiger charge is 2.24. The number of carbonyl (C=O) groups excluding carboxylic acids is 1. The molecule has 3 aromatic carbocycles. The van der Waals surface area contributed by atoms with Gasteiger partial charge < -0.3 is 0 Å². The van der Waals surface area contributed by atoms with Crippen molar-refractivity contribution in [2.75, 3.05) is 19.6 Å². The number of benzene rings is 3. The lowest BCUT2D eigenvalue weighted by atomic mass is 9.96. The average Bonchev–Trinajstić information content (AvgIpc) is 2.96. The number of likely N-dealkylation sites (tertiary alicyclic amines) is 1. The molecule has 5 aromatic rings. The van der Waals surface area contributed by atoms with Gasteiger partial charge in [0.05, 0.1) is 23.8 Å². The van der Waals surface area contributed by atoms with Gasteiger partial charge >= 0.3 is 0 Å². The van der Waals surface area contributed by atoms with Gasteiger partial charge in [0.1, 0.15) is 5.15 Å². The van der Waals surface area contributed by atoms with Crippen molar-refractivity contribution >= 4 is 39.1 Å². The third-order valence-corrected chi connectivity index (χ3v) is 7.70. The quantitative estimate of drug-likeness (QED) is 0.162. The molecule has 0 saturated carbocycles. The van der Waals surface area contributed by atoms with Crippen molar-refractivity contribution in [1.82, 2.24) is 19.4 Å². The highest BCUT2D eigenvalue weighted by atomic mass is 35.5. The van der Waals surface area contributed by atoms with Crippen LogP contribution in [0.3, 0.4) is 0 Å². The predicted octanol–water partition coefficient (Wildman–Crippen LogP) is 5.71. The van der Waals surface area contributed by atoms with Gasteiger partial charge in [-0.1, -0.05) is 72.3 Å². The van der Waals surface area contributed by atoms with E-state index in [4.69, 9.17) is 16.6 Å². The van der Waals surface area contributed by atoms with Crippen LogP contribution in [-0.2, 0) is 6.42 Å². The number of hydrogen-bond acceptors (Lipinski definition) is 5. The second kappa shape index (κ2) is 10.5. The lowest BCUT2D eigenvalue weighted by molar-refractivity contribution is 0.0897. The van der Waals surface area contributed by atoms with Crippen LogP contribution in [0.25, 0.3) is 21.7 Å². The summed E-state index contributed by atoms with van der Waals surface area (Å²) in [6.45, 7) is 1.93. The maximum atomic E-state index is 13.8. The van der Waals surface area contributed by atoms with E-state index in [9.17, 15) is 9.59 Å². The maximum absolute atomic E-state index is 13.8. The molecule has 0 radical (unpaired) electrons. The van der Waals surface area contributed by atoms with E-state index in [0.717, 1.165) is 58.9 Å². The molecule has 0 atom stereocenters. The van der Waals surface area contributed by atoms with Gasteiger partial charge in [0.25, 0.3) is 5.56 Å². The van der Waals surface area contributed by atoms with Crippen LogP contribution < -0.4 is 5.56 Å². The second-order valence-electron chi connectivity index (χ2n) is 9.90. The largest absolute Gasteiger partial charge is 0.296 e. The molecule has 6 rings (SSSR count). The fraction of sp³-hybridized carbons (Fsp3) is 0.226. The van der Waals surface area contributed by atoms with E-state index in [1.165, 1.54) is 0 Å². The number of ketones is 1. The summed E-state index contributed by atoms with van der Waals surface area (Å²) in [5, 5.41) is 3.14. The summed E-state index contributed by atoms with van der Waals surface area (Å²) in [5.41, 5.74) is 3.53. The van der Waals surface area contributed by atoms with E-state index in [0.29, 0.717) is 23.5 Å². The summed E-state index contributed by atoms with van der Waals surface area (Å²) in [5.74, 6) is 0.129. The van der Waals surface area contributed by atoms with Gasteiger partial charge in [0.2, 0.25) is 0 Å². The Morgan fingerprint density at radius 1 is 0.895 bits per heavy atom. The molecule has 38 heavy (non-hydrogen) atoms. The zero-order valence-electron chi connectivity index (χ0n) is 20.9. The van der Waals surface area contributed by atoms with Crippen LogP contribution in [0.15, 0.2) is 90.1 Å². The Labute approximate surface area is 225 Å². The second-order valence-corrected chi connectivity index (χ2v) is 10.3. The fourth-order valence-electron chi connectivity index (χ4n) is 5.46. The SMILES string of the molecule is O=C(CN1CCC(n2cnc3c(cc(Cc4ccc(Cl)nc4)c4ccccc43)c2=O)CC1)c1ccccc1. The summed E-state index contributed by atoms with van der Waals surface area (Å²) in [4.78, 5) is 37.6. The van der Waals surface area contributed by atoms with Crippen LogP contribution in [0.2, 0.25) is 5.15 Å². The number of hydrogen-bond donors (Lipinski definition) is 0. The molecule has 0 N–H and O–H groups in total. The summed E-state index contributed by atoms with van der Waals surface area (Å²) < 4.78 is 1.79. The maximum Gasteiger partial charge on any atom is 0.261 e. The molecular weight excluding hydrogens is 496 g/mol. The van der Waals surface area contributed by atoms with Crippen LogP contribution in [-0.4, -0.2) is 44.9 Å².